The van der Waals surface area contributed by atoms with E-state index in [1.165, 1.54) is 25.7 Å². The Morgan fingerprint density at radius 2 is 1.91 bits per heavy atom. The normalized spacial score (nSPS) is 23.1. The third-order valence-corrected chi connectivity index (χ3v) is 8.52. The molecule has 7 heterocycles. The van der Waals surface area contributed by atoms with Gasteiger partial charge in [0.1, 0.15) is 5.76 Å². The van der Waals surface area contributed by atoms with Crippen molar-refractivity contribution < 1.29 is 4.42 Å². The molecule has 5 aromatic rings. The van der Waals surface area contributed by atoms with Gasteiger partial charge in [0, 0.05) is 69.7 Å². The maximum atomic E-state index is 6.25. The molecule has 0 aliphatic carbocycles. The molecular weight excluding hydrogens is 432 g/mol. The molecule has 8 heteroatoms. The molecule has 7 nitrogen and oxygen atoms in total. The topological polar surface area (TPSA) is 86.0 Å². The number of hydrogen-bond donors (Lipinski definition) is 1. The fourth-order valence-electron chi connectivity index (χ4n) is 5.76. The molecular formula is C25H24N6OS. The number of furan rings is 1. The van der Waals surface area contributed by atoms with Gasteiger partial charge < -0.3 is 15.1 Å². The molecule has 0 saturated carbocycles. The van der Waals surface area contributed by atoms with Crippen LogP contribution in [-0.2, 0) is 0 Å². The van der Waals surface area contributed by atoms with Crippen LogP contribution in [0.5, 0.6) is 0 Å². The number of aromatic nitrogens is 4. The molecule has 0 spiro atoms. The molecule has 33 heavy (non-hydrogen) atoms. The average Bonchev–Trinajstić information content (AvgIpc) is 3.59. The Hall–Kier alpha value is -3.23. The lowest BCUT2D eigenvalue weighted by molar-refractivity contribution is 0.131. The molecule has 2 aliphatic rings. The number of anilines is 1. The minimum absolute atomic E-state index is 0.403. The van der Waals surface area contributed by atoms with Crippen LogP contribution in [-0.4, -0.2) is 43.8 Å². The predicted molar refractivity (Wildman–Crippen MR) is 131 cm³/mol. The summed E-state index contributed by atoms with van der Waals surface area (Å²) >= 11 is 1.66. The highest BCUT2D eigenvalue weighted by molar-refractivity contribution is 7.17. The summed E-state index contributed by atoms with van der Waals surface area (Å²) in [6.45, 7) is 0. The minimum Gasteiger partial charge on any atom is -0.452 e. The SMILES string of the molecule is CN1[C@@H]2CC[C@H]1C[C@H](n1cc(-c3cnc(N)c4oc(-c5csc6cnccc56)cc34)cn1)C2. The predicted octanol–water partition coefficient (Wildman–Crippen LogP) is 5.35. The quantitative estimate of drug-likeness (QED) is 0.394. The summed E-state index contributed by atoms with van der Waals surface area (Å²) in [5, 5.41) is 8.98. The van der Waals surface area contributed by atoms with Crippen LogP contribution in [0.25, 0.3) is 43.5 Å². The molecule has 166 valence electrons. The highest BCUT2D eigenvalue weighted by atomic mass is 32.1. The molecule has 2 N–H and O–H groups in total. The van der Waals surface area contributed by atoms with Crippen molar-refractivity contribution in [3.05, 3.63) is 48.5 Å². The lowest BCUT2D eigenvalue weighted by atomic mass is 9.98. The van der Waals surface area contributed by atoms with E-state index in [2.05, 4.69) is 44.2 Å². The van der Waals surface area contributed by atoms with Crippen LogP contribution in [0.3, 0.4) is 0 Å². The van der Waals surface area contributed by atoms with E-state index in [9.17, 15) is 0 Å². The number of fused-ring (bicyclic) bond motifs is 4. The Kier molecular flexibility index (Phi) is 4.16. The van der Waals surface area contributed by atoms with E-state index in [4.69, 9.17) is 15.2 Å². The third-order valence-electron chi connectivity index (χ3n) is 7.59. The van der Waals surface area contributed by atoms with Gasteiger partial charge in [-0.3, -0.25) is 9.67 Å². The van der Waals surface area contributed by atoms with Gasteiger partial charge in [-0.1, -0.05) is 0 Å². The largest absolute Gasteiger partial charge is 0.452 e. The van der Waals surface area contributed by atoms with E-state index in [0.29, 0.717) is 29.5 Å². The van der Waals surface area contributed by atoms with Crippen molar-refractivity contribution in [3.63, 3.8) is 0 Å². The van der Waals surface area contributed by atoms with Crippen molar-refractivity contribution in [3.8, 4) is 22.5 Å². The summed E-state index contributed by atoms with van der Waals surface area (Å²) in [6, 6.07) is 5.92. The first-order valence-electron chi connectivity index (χ1n) is 11.4. The number of nitrogens with two attached hydrogens (primary N) is 1. The Labute approximate surface area is 194 Å². The standard InChI is InChI=1S/C25H24N6OS/c1-30-15-2-3-16(30)7-17(6-15)31-12-14(9-29-31)20-10-28-25(26)24-19(20)8-22(32-24)21-13-33-23-11-27-5-4-18(21)23/h4-5,8-13,15-17H,2-3,6-7H2,1H3,(H2,26,28)/t15-,16+,17-. The van der Waals surface area contributed by atoms with Gasteiger partial charge in [-0.15, -0.1) is 11.3 Å². The van der Waals surface area contributed by atoms with Crippen molar-refractivity contribution in [1.82, 2.24) is 24.6 Å². The van der Waals surface area contributed by atoms with Crippen LogP contribution in [0.4, 0.5) is 5.82 Å². The highest BCUT2D eigenvalue weighted by Crippen LogP contribution is 2.42. The van der Waals surface area contributed by atoms with Gasteiger partial charge >= 0.3 is 0 Å². The Bertz CT molecular complexity index is 1490. The summed E-state index contributed by atoms with van der Waals surface area (Å²) in [6.07, 6.45) is 14.6. The number of rotatable bonds is 3. The van der Waals surface area contributed by atoms with Crippen molar-refractivity contribution >= 4 is 38.2 Å². The first-order chi connectivity index (χ1) is 16.2. The van der Waals surface area contributed by atoms with Crippen LogP contribution in [0.2, 0.25) is 0 Å². The minimum atomic E-state index is 0.403. The van der Waals surface area contributed by atoms with Crippen molar-refractivity contribution in [2.24, 2.45) is 0 Å². The van der Waals surface area contributed by atoms with Crippen LogP contribution in [0.1, 0.15) is 31.7 Å². The lowest BCUT2D eigenvalue weighted by Crippen LogP contribution is -2.40. The summed E-state index contributed by atoms with van der Waals surface area (Å²) < 4.78 is 9.55. The summed E-state index contributed by atoms with van der Waals surface area (Å²) in [5.41, 5.74) is 9.94. The molecule has 3 atom stereocenters. The second kappa shape index (κ2) is 7.13. The first-order valence-corrected chi connectivity index (χ1v) is 12.3. The van der Waals surface area contributed by atoms with Gasteiger partial charge in [0.05, 0.1) is 16.9 Å². The van der Waals surface area contributed by atoms with Gasteiger partial charge in [-0.2, -0.15) is 5.10 Å². The van der Waals surface area contributed by atoms with Crippen molar-refractivity contribution in [2.45, 2.75) is 43.8 Å². The number of nitrogens with zero attached hydrogens (tertiary/aromatic N) is 5. The van der Waals surface area contributed by atoms with Gasteiger partial charge in [-0.05, 0) is 44.9 Å². The van der Waals surface area contributed by atoms with Gasteiger partial charge in [0.15, 0.2) is 11.4 Å². The zero-order valence-corrected chi connectivity index (χ0v) is 19.1. The molecule has 7 rings (SSSR count). The van der Waals surface area contributed by atoms with E-state index < -0.39 is 0 Å². The van der Waals surface area contributed by atoms with Crippen LogP contribution in [0.15, 0.2) is 52.9 Å². The molecule has 0 amide bonds. The van der Waals surface area contributed by atoms with E-state index in [-0.39, 0.29) is 0 Å². The fourth-order valence-corrected chi connectivity index (χ4v) is 6.67. The van der Waals surface area contributed by atoms with E-state index in [1.807, 2.05) is 30.9 Å². The smallest absolute Gasteiger partial charge is 0.177 e. The highest BCUT2D eigenvalue weighted by Gasteiger charge is 2.39. The van der Waals surface area contributed by atoms with Crippen LogP contribution >= 0.6 is 11.3 Å². The van der Waals surface area contributed by atoms with Gasteiger partial charge in [0.2, 0.25) is 0 Å². The number of piperidine rings is 1. The Balaban J connectivity index is 1.29. The van der Waals surface area contributed by atoms with Gasteiger partial charge in [0.25, 0.3) is 0 Å². The van der Waals surface area contributed by atoms with Crippen molar-refractivity contribution in [2.75, 3.05) is 12.8 Å². The average molecular weight is 457 g/mol. The second-order valence-corrected chi connectivity index (χ2v) is 10.2. The maximum absolute atomic E-state index is 6.25. The monoisotopic (exact) mass is 456 g/mol. The Morgan fingerprint density at radius 3 is 2.76 bits per heavy atom. The van der Waals surface area contributed by atoms with E-state index in [1.54, 1.807) is 11.3 Å². The lowest BCUT2D eigenvalue weighted by Gasteiger charge is -2.36. The molecule has 2 fully saturated rings. The molecule has 0 unspecified atom stereocenters. The summed E-state index contributed by atoms with van der Waals surface area (Å²) in [7, 11) is 2.27. The van der Waals surface area contributed by atoms with E-state index in [0.717, 1.165) is 37.9 Å². The van der Waals surface area contributed by atoms with Crippen LogP contribution < -0.4 is 5.73 Å². The molecule has 5 aromatic heterocycles. The number of thiophene rings is 1. The van der Waals surface area contributed by atoms with Crippen molar-refractivity contribution in [1.29, 1.82) is 0 Å². The fraction of sp³-hybridized carbons (Fsp3) is 0.320. The molecule has 2 aliphatic heterocycles. The number of pyridine rings is 2. The zero-order valence-electron chi connectivity index (χ0n) is 18.3. The second-order valence-electron chi connectivity index (χ2n) is 9.32. The van der Waals surface area contributed by atoms with Crippen LogP contribution in [0, 0.1) is 0 Å². The Morgan fingerprint density at radius 1 is 1.06 bits per heavy atom. The zero-order chi connectivity index (χ0) is 22.1. The maximum Gasteiger partial charge on any atom is 0.177 e. The van der Waals surface area contributed by atoms with Gasteiger partial charge in [-0.25, -0.2) is 4.98 Å². The number of nitrogen functional groups attached to an aromatic ring is 1. The molecule has 2 saturated heterocycles. The number of hydrogen-bond acceptors (Lipinski definition) is 7. The summed E-state index contributed by atoms with van der Waals surface area (Å²) in [4.78, 5) is 11.2. The molecule has 0 radical (unpaired) electrons. The summed E-state index contributed by atoms with van der Waals surface area (Å²) in [5.74, 6) is 1.20. The molecule has 2 bridgehead atoms. The third kappa shape index (κ3) is 2.94. The molecule has 0 aromatic carbocycles. The first kappa shape index (κ1) is 19.3. The van der Waals surface area contributed by atoms with E-state index >= 15 is 0 Å².